The molecule has 0 aromatic heterocycles. The van der Waals surface area contributed by atoms with E-state index in [0.29, 0.717) is 18.5 Å². The summed E-state index contributed by atoms with van der Waals surface area (Å²) in [6, 6.07) is 6.35. The fourth-order valence-electron chi connectivity index (χ4n) is 1.90. The van der Waals surface area contributed by atoms with Crippen molar-refractivity contribution in [1.82, 2.24) is 9.80 Å². The molecule has 1 N–H and O–H groups in total. The molecule has 6 heteroatoms. The van der Waals surface area contributed by atoms with Crippen molar-refractivity contribution < 1.29 is 19.1 Å². The van der Waals surface area contributed by atoms with Gasteiger partial charge in [0.2, 0.25) is 5.91 Å². The molecule has 0 bridgehead atoms. The normalized spacial score (nSPS) is 10.7. The largest absolute Gasteiger partial charge is 0.481 e. The standard InChI is InChI=1S/C15H21FN2O3/c1-17(9-5-8-15(20)21)11-14(19)18(2)10-12-6-3-4-7-13(12)16/h3-4,6-7H,5,8-11H2,1-2H3,(H,20,21). The molecule has 0 radical (unpaired) electrons. The summed E-state index contributed by atoms with van der Waals surface area (Å²) in [6.45, 7) is 0.935. The van der Waals surface area contributed by atoms with Gasteiger partial charge in [-0.05, 0) is 26.1 Å². The van der Waals surface area contributed by atoms with Gasteiger partial charge in [-0.25, -0.2) is 4.39 Å². The van der Waals surface area contributed by atoms with Crippen LogP contribution in [-0.2, 0) is 16.1 Å². The SMILES string of the molecule is CN(CCCC(=O)O)CC(=O)N(C)Cc1ccccc1F. The molecular formula is C15H21FN2O3. The summed E-state index contributed by atoms with van der Waals surface area (Å²) < 4.78 is 13.5. The Morgan fingerprint density at radius 3 is 2.52 bits per heavy atom. The van der Waals surface area contributed by atoms with Crippen molar-refractivity contribution in [3.8, 4) is 0 Å². The number of nitrogens with zero attached hydrogens (tertiary/aromatic N) is 2. The highest BCUT2D eigenvalue weighted by molar-refractivity contribution is 5.78. The number of likely N-dealkylation sites (N-methyl/N-ethyl adjacent to an activating group) is 2. The zero-order valence-electron chi connectivity index (χ0n) is 12.4. The van der Waals surface area contributed by atoms with Crippen molar-refractivity contribution in [2.75, 3.05) is 27.2 Å². The second-order valence-electron chi connectivity index (χ2n) is 5.08. The lowest BCUT2D eigenvalue weighted by Gasteiger charge is -2.22. The maximum Gasteiger partial charge on any atom is 0.303 e. The van der Waals surface area contributed by atoms with E-state index in [0.717, 1.165) is 0 Å². The summed E-state index contributed by atoms with van der Waals surface area (Å²) in [4.78, 5) is 25.7. The first kappa shape index (κ1) is 17.1. The maximum atomic E-state index is 13.5. The molecule has 21 heavy (non-hydrogen) atoms. The Morgan fingerprint density at radius 2 is 1.90 bits per heavy atom. The highest BCUT2D eigenvalue weighted by Gasteiger charge is 2.13. The van der Waals surface area contributed by atoms with Gasteiger partial charge in [0.15, 0.2) is 0 Å². The molecule has 0 saturated heterocycles. The zero-order valence-corrected chi connectivity index (χ0v) is 12.4. The number of halogens is 1. The third-order valence-electron chi connectivity index (χ3n) is 3.13. The maximum absolute atomic E-state index is 13.5. The number of hydrogen-bond donors (Lipinski definition) is 1. The first-order chi connectivity index (χ1) is 9.90. The molecule has 0 fully saturated rings. The monoisotopic (exact) mass is 296 g/mol. The van der Waals surface area contributed by atoms with Gasteiger partial charge in [-0.1, -0.05) is 18.2 Å². The first-order valence-corrected chi connectivity index (χ1v) is 6.78. The van der Waals surface area contributed by atoms with Crippen LogP contribution >= 0.6 is 0 Å². The average molecular weight is 296 g/mol. The fourth-order valence-corrected chi connectivity index (χ4v) is 1.90. The third kappa shape index (κ3) is 6.35. The van der Waals surface area contributed by atoms with Crippen molar-refractivity contribution in [3.63, 3.8) is 0 Å². The van der Waals surface area contributed by atoms with Crippen molar-refractivity contribution >= 4 is 11.9 Å². The minimum Gasteiger partial charge on any atom is -0.481 e. The van der Waals surface area contributed by atoms with Gasteiger partial charge in [-0.3, -0.25) is 14.5 Å². The number of aliphatic carboxylic acids is 1. The fraction of sp³-hybridized carbons (Fsp3) is 0.467. The minimum absolute atomic E-state index is 0.0869. The number of amides is 1. The van der Waals surface area contributed by atoms with E-state index in [9.17, 15) is 14.0 Å². The number of carboxylic acids is 1. The van der Waals surface area contributed by atoms with E-state index in [-0.39, 0.29) is 31.2 Å². The van der Waals surface area contributed by atoms with E-state index in [4.69, 9.17) is 5.11 Å². The minimum atomic E-state index is -0.841. The molecule has 0 atom stereocenters. The second-order valence-corrected chi connectivity index (χ2v) is 5.08. The Labute approximate surface area is 124 Å². The van der Waals surface area contributed by atoms with E-state index in [2.05, 4.69) is 0 Å². The molecule has 0 unspecified atom stereocenters. The van der Waals surface area contributed by atoms with Gasteiger partial charge in [-0.2, -0.15) is 0 Å². The number of benzene rings is 1. The van der Waals surface area contributed by atoms with Crippen LogP contribution in [0.3, 0.4) is 0 Å². The molecule has 116 valence electrons. The molecule has 0 spiro atoms. The lowest BCUT2D eigenvalue weighted by molar-refractivity contribution is -0.137. The topological polar surface area (TPSA) is 60.9 Å². The van der Waals surface area contributed by atoms with Crippen molar-refractivity contribution in [1.29, 1.82) is 0 Å². The quantitative estimate of drug-likeness (QED) is 0.791. The van der Waals surface area contributed by atoms with Crippen LogP contribution in [0.15, 0.2) is 24.3 Å². The van der Waals surface area contributed by atoms with Crippen LogP contribution < -0.4 is 0 Å². The molecular weight excluding hydrogens is 275 g/mol. The van der Waals surface area contributed by atoms with Crippen molar-refractivity contribution in [3.05, 3.63) is 35.6 Å². The predicted octanol–water partition coefficient (Wildman–Crippen LogP) is 1.58. The summed E-state index contributed by atoms with van der Waals surface area (Å²) in [7, 11) is 3.39. The molecule has 0 saturated carbocycles. The molecule has 0 heterocycles. The van der Waals surface area contributed by atoms with Crippen LogP contribution in [-0.4, -0.2) is 54.0 Å². The van der Waals surface area contributed by atoms with Crippen LogP contribution in [0.5, 0.6) is 0 Å². The Morgan fingerprint density at radius 1 is 1.24 bits per heavy atom. The summed E-state index contributed by atoms with van der Waals surface area (Å²) in [5, 5.41) is 8.56. The summed E-state index contributed by atoms with van der Waals surface area (Å²) >= 11 is 0. The van der Waals surface area contributed by atoms with E-state index >= 15 is 0 Å². The predicted molar refractivity (Wildman–Crippen MR) is 77.2 cm³/mol. The van der Waals surface area contributed by atoms with Gasteiger partial charge in [0.05, 0.1) is 6.54 Å². The smallest absolute Gasteiger partial charge is 0.303 e. The average Bonchev–Trinajstić information content (AvgIpc) is 2.40. The van der Waals surface area contributed by atoms with Gasteiger partial charge < -0.3 is 10.0 Å². The van der Waals surface area contributed by atoms with E-state index in [1.807, 2.05) is 0 Å². The molecule has 1 amide bonds. The third-order valence-corrected chi connectivity index (χ3v) is 3.13. The van der Waals surface area contributed by atoms with Gasteiger partial charge in [0.25, 0.3) is 0 Å². The summed E-state index contributed by atoms with van der Waals surface area (Å²) in [5.74, 6) is -1.30. The number of carboxylic acid groups (broad SMARTS) is 1. The van der Waals surface area contributed by atoms with Crippen LogP contribution in [0.2, 0.25) is 0 Å². The Bertz CT molecular complexity index is 494. The lowest BCUT2D eigenvalue weighted by atomic mass is 10.2. The van der Waals surface area contributed by atoms with Crippen LogP contribution in [0, 0.1) is 5.82 Å². The molecule has 1 rings (SSSR count). The summed E-state index contributed by atoms with van der Waals surface area (Å²) in [6.07, 6.45) is 0.583. The Kier molecular flexibility index (Phi) is 6.81. The van der Waals surface area contributed by atoms with Crippen LogP contribution in [0.25, 0.3) is 0 Å². The van der Waals surface area contributed by atoms with Gasteiger partial charge in [0, 0.05) is 25.6 Å². The molecule has 0 aliphatic carbocycles. The second kappa shape index (κ2) is 8.36. The number of hydrogen-bond acceptors (Lipinski definition) is 3. The van der Waals surface area contributed by atoms with Gasteiger partial charge in [-0.15, -0.1) is 0 Å². The van der Waals surface area contributed by atoms with Gasteiger partial charge >= 0.3 is 5.97 Å². The number of carbonyl (C=O) groups excluding carboxylic acids is 1. The molecule has 0 aliphatic heterocycles. The summed E-state index contributed by atoms with van der Waals surface area (Å²) in [5.41, 5.74) is 0.474. The van der Waals surface area contributed by atoms with Crippen LogP contribution in [0.1, 0.15) is 18.4 Å². The van der Waals surface area contributed by atoms with E-state index < -0.39 is 5.97 Å². The van der Waals surface area contributed by atoms with Crippen molar-refractivity contribution in [2.45, 2.75) is 19.4 Å². The highest BCUT2D eigenvalue weighted by Crippen LogP contribution is 2.09. The number of carbonyl (C=O) groups is 2. The molecule has 1 aromatic carbocycles. The zero-order chi connectivity index (χ0) is 15.8. The van der Waals surface area contributed by atoms with Crippen molar-refractivity contribution in [2.24, 2.45) is 0 Å². The van der Waals surface area contributed by atoms with E-state index in [1.165, 1.54) is 11.0 Å². The highest BCUT2D eigenvalue weighted by atomic mass is 19.1. The number of rotatable bonds is 8. The van der Waals surface area contributed by atoms with Gasteiger partial charge in [0.1, 0.15) is 5.82 Å². The lowest BCUT2D eigenvalue weighted by Crippen LogP contribution is -2.36. The molecule has 5 nitrogen and oxygen atoms in total. The first-order valence-electron chi connectivity index (χ1n) is 6.78. The van der Waals surface area contributed by atoms with E-state index in [1.54, 1.807) is 37.2 Å². The molecule has 0 aliphatic rings. The Hall–Kier alpha value is -1.95. The Balaban J connectivity index is 2.40. The molecule has 1 aromatic rings. The van der Waals surface area contributed by atoms with Crippen LogP contribution in [0.4, 0.5) is 4.39 Å².